The van der Waals surface area contributed by atoms with Gasteiger partial charge in [-0.1, -0.05) is 11.6 Å². The van der Waals surface area contributed by atoms with Gasteiger partial charge in [-0.05, 0) is 79.7 Å². The van der Waals surface area contributed by atoms with E-state index < -0.39 is 23.6 Å². The van der Waals surface area contributed by atoms with Crippen LogP contribution in [-0.2, 0) is 13.2 Å². The van der Waals surface area contributed by atoms with E-state index in [0.29, 0.717) is 31.2 Å². The Morgan fingerprint density at radius 2 is 1.81 bits per heavy atom. The average Bonchev–Trinajstić information content (AvgIpc) is 3.26. The molecule has 2 atom stereocenters. The molecule has 168 valence electrons. The molecule has 9 heteroatoms. The molecule has 0 radical (unpaired) electrons. The first-order valence-electron chi connectivity index (χ1n) is 10.2. The van der Waals surface area contributed by atoms with Gasteiger partial charge in [0.2, 0.25) is 0 Å². The van der Waals surface area contributed by atoms with Gasteiger partial charge >= 0.3 is 6.18 Å². The van der Waals surface area contributed by atoms with E-state index in [0.717, 1.165) is 10.6 Å². The van der Waals surface area contributed by atoms with Gasteiger partial charge in [0.25, 0.3) is 5.91 Å². The molecule has 1 heterocycles. The number of halogens is 5. The van der Waals surface area contributed by atoms with Crippen LogP contribution in [0, 0.1) is 24.6 Å². The number of carbonyl (C=O) groups is 1. The normalized spacial score (nSPS) is 25.7. The van der Waals surface area contributed by atoms with Gasteiger partial charge in [-0.3, -0.25) is 4.79 Å². The number of nitrogens with zero attached hydrogens (tertiary/aromatic N) is 1. The van der Waals surface area contributed by atoms with Gasteiger partial charge in [0.05, 0.1) is 11.1 Å². The second-order valence-electron chi connectivity index (χ2n) is 8.69. The van der Waals surface area contributed by atoms with E-state index in [9.17, 15) is 27.5 Å². The predicted octanol–water partition coefficient (Wildman–Crippen LogP) is 5.66. The van der Waals surface area contributed by atoms with Crippen molar-refractivity contribution in [3.05, 3.63) is 51.6 Å². The zero-order valence-electron chi connectivity index (χ0n) is 17.1. The summed E-state index contributed by atoms with van der Waals surface area (Å²) in [5.41, 5.74) is -0.230. The molecule has 1 amide bonds. The zero-order chi connectivity index (χ0) is 22.7. The summed E-state index contributed by atoms with van der Waals surface area (Å²) in [5, 5.41) is 12.3. The van der Waals surface area contributed by atoms with Crippen molar-refractivity contribution in [3.8, 4) is 0 Å². The first-order chi connectivity index (χ1) is 14.5. The van der Waals surface area contributed by atoms with Crippen molar-refractivity contribution in [2.75, 3.05) is 5.32 Å². The molecule has 2 aliphatic rings. The number of benzene rings is 1. The summed E-state index contributed by atoms with van der Waals surface area (Å²) >= 11 is 5.76. The molecule has 2 N–H and O–H groups in total. The molecular formula is C22H23ClF4N2O2. The van der Waals surface area contributed by atoms with Crippen LogP contribution in [0.15, 0.2) is 18.2 Å². The fourth-order valence-corrected chi connectivity index (χ4v) is 5.79. The Hall–Kier alpha value is -2.06. The van der Waals surface area contributed by atoms with Crippen LogP contribution in [-0.4, -0.2) is 21.7 Å². The molecule has 2 unspecified atom stereocenters. The van der Waals surface area contributed by atoms with E-state index in [2.05, 4.69) is 5.32 Å². The quantitative estimate of drug-likeness (QED) is 0.583. The Kier molecular flexibility index (Phi) is 5.58. The molecule has 2 aromatic rings. The predicted molar refractivity (Wildman–Crippen MR) is 109 cm³/mol. The van der Waals surface area contributed by atoms with Crippen LogP contribution < -0.4 is 5.32 Å². The number of fused-ring (bicyclic) bond motifs is 1. The molecule has 31 heavy (non-hydrogen) atoms. The minimum atomic E-state index is -4.62. The number of aliphatic hydroxyl groups is 1. The van der Waals surface area contributed by atoms with Gasteiger partial charge in [-0.15, -0.1) is 0 Å². The highest BCUT2D eigenvalue weighted by molar-refractivity contribution is 6.31. The highest BCUT2D eigenvalue weighted by atomic mass is 35.5. The molecule has 2 fully saturated rings. The Balaban J connectivity index is 1.74. The molecule has 0 saturated heterocycles. The standard InChI is InChI=1S/C22H23ClF4N2O2/c1-10-18(13-5-11-7-15(30)8-12(11)6-13)19(29(2)20(10)22(25,26)27)21(31)28-14-3-4-17(24)16(23)9-14/h3-4,9,11-13,15,30H,5-8H2,1-2H3,(H,28,31). The topological polar surface area (TPSA) is 54.3 Å². The van der Waals surface area contributed by atoms with Crippen molar-refractivity contribution in [2.45, 2.75) is 50.8 Å². The lowest BCUT2D eigenvalue weighted by molar-refractivity contribution is -0.143. The zero-order valence-corrected chi connectivity index (χ0v) is 17.8. The maximum Gasteiger partial charge on any atom is 0.431 e. The Morgan fingerprint density at radius 1 is 1.19 bits per heavy atom. The van der Waals surface area contributed by atoms with Crippen molar-refractivity contribution in [1.29, 1.82) is 0 Å². The molecule has 0 bridgehead atoms. The number of hydrogen-bond acceptors (Lipinski definition) is 2. The number of nitrogens with one attached hydrogen (secondary N) is 1. The number of alkyl halides is 3. The second kappa shape index (κ2) is 7.81. The molecule has 0 spiro atoms. The Bertz CT molecular complexity index is 1020. The largest absolute Gasteiger partial charge is 0.431 e. The number of anilines is 1. The lowest BCUT2D eigenvalue weighted by Gasteiger charge is -2.16. The third-order valence-electron chi connectivity index (χ3n) is 6.75. The van der Waals surface area contributed by atoms with E-state index in [1.165, 1.54) is 26.1 Å². The smallest absolute Gasteiger partial charge is 0.393 e. The molecule has 2 aliphatic carbocycles. The monoisotopic (exact) mass is 458 g/mol. The minimum Gasteiger partial charge on any atom is -0.393 e. The molecule has 4 nitrogen and oxygen atoms in total. The van der Waals surface area contributed by atoms with Crippen LogP contribution in [0.3, 0.4) is 0 Å². The van der Waals surface area contributed by atoms with Crippen molar-refractivity contribution in [3.63, 3.8) is 0 Å². The second-order valence-corrected chi connectivity index (χ2v) is 9.10. The fraction of sp³-hybridized carbons (Fsp3) is 0.500. The lowest BCUT2D eigenvalue weighted by atomic mass is 9.90. The number of amides is 1. The molecule has 1 aromatic heterocycles. The van der Waals surface area contributed by atoms with Crippen molar-refractivity contribution in [2.24, 2.45) is 18.9 Å². The van der Waals surface area contributed by atoms with Crippen LogP contribution in [0.5, 0.6) is 0 Å². The Morgan fingerprint density at radius 3 is 2.35 bits per heavy atom. The van der Waals surface area contributed by atoms with Crippen molar-refractivity contribution < 1.29 is 27.5 Å². The molecule has 0 aliphatic heterocycles. The highest BCUT2D eigenvalue weighted by Crippen LogP contribution is 2.53. The fourth-order valence-electron chi connectivity index (χ4n) is 5.61. The summed E-state index contributed by atoms with van der Waals surface area (Å²) in [5.74, 6) is -1.05. The third-order valence-corrected chi connectivity index (χ3v) is 7.03. The maximum atomic E-state index is 13.8. The van der Waals surface area contributed by atoms with Crippen molar-refractivity contribution in [1.82, 2.24) is 4.57 Å². The molecule has 4 rings (SSSR count). The van der Waals surface area contributed by atoms with Gasteiger partial charge in [0, 0.05) is 12.7 Å². The van der Waals surface area contributed by atoms with Gasteiger partial charge in [-0.25, -0.2) is 4.39 Å². The highest BCUT2D eigenvalue weighted by Gasteiger charge is 2.46. The van der Waals surface area contributed by atoms with Gasteiger partial charge in [-0.2, -0.15) is 13.2 Å². The summed E-state index contributed by atoms with van der Waals surface area (Å²) in [6.45, 7) is 1.41. The molecule has 2 saturated carbocycles. The van der Waals surface area contributed by atoms with E-state index in [-0.39, 0.29) is 45.8 Å². The van der Waals surface area contributed by atoms with E-state index in [1.54, 1.807) is 0 Å². The van der Waals surface area contributed by atoms with Gasteiger partial charge < -0.3 is 15.0 Å². The van der Waals surface area contributed by atoms with Crippen LogP contribution in [0.25, 0.3) is 0 Å². The van der Waals surface area contributed by atoms with E-state index in [4.69, 9.17) is 11.6 Å². The van der Waals surface area contributed by atoms with Crippen molar-refractivity contribution >= 4 is 23.2 Å². The summed E-state index contributed by atoms with van der Waals surface area (Å²) in [7, 11) is 1.24. The minimum absolute atomic E-state index is 0.0456. The first-order valence-corrected chi connectivity index (χ1v) is 10.6. The summed E-state index contributed by atoms with van der Waals surface area (Å²) < 4.78 is 55.8. The number of rotatable bonds is 3. The maximum absolute atomic E-state index is 13.8. The van der Waals surface area contributed by atoms with E-state index in [1.807, 2.05) is 0 Å². The summed E-state index contributed by atoms with van der Waals surface area (Å²) in [4.78, 5) is 13.1. The van der Waals surface area contributed by atoms with Crippen LogP contribution in [0.1, 0.15) is 58.9 Å². The molecular weight excluding hydrogens is 436 g/mol. The third kappa shape index (κ3) is 3.96. The summed E-state index contributed by atoms with van der Waals surface area (Å²) in [6.07, 6.45) is -2.39. The van der Waals surface area contributed by atoms with Crippen LogP contribution >= 0.6 is 11.6 Å². The molecule has 1 aromatic carbocycles. The number of hydrogen-bond donors (Lipinski definition) is 2. The van der Waals surface area contributed by atoms with Crippen LogP contribution in [0.2, 0.25) is 5.02 Å². The summed E-state index contributed by atoms with van der Waals surface area (Å²) in [6, 6.07) is 3.61. The van der Waals surface area contributed by atoms with Crippen LogP contribution in [0.4, 0.5) is 23.2 Å². The average molecular weight is 459 g/mol. The lowest BCUT2D eigenvalue weighted by Crippen LogP contribution is -2.20. The van der Waals surface area contributed by atoms with Gasteiger partial charge in [0.1, 0.15) is 17.2 Å². The number of carbonyl (C=O) groups excluding carboxylic acids is 1. The number of aliphatic hydroxyl groups excluding tert-OH is 1. The SMILES string of the molecule is Cc1c(C2CC3CC(O)CC3C2)c(C(=O)Nc2ccc(F)c(Cl)c2)n(C)c1C(F)(F)F. The van der Waals surface area contributed by atoms with Gasteiger partial charge in [0.15, 0.2) is 0 Å². The Labute approximate surface area is 182 Å². The number of aromatic nitrogens is 1. The first kappa shape index (κ1) is 22.1. The van der Waals surface area contributed by atoms with E-state index >= 15 is 0 Å².